The average Bonchev–Trinajstić information content (AvgIpc) is 3.14. The van der Waals surface area contributed by atoms with Gasteiger partial charge >= 0.3 is 0 Å². The molecular formula is C25H26N4O. The van der Waals surface area contributed by atoms with Crippen molar-refractivity contribution in [1.29, 1.82) is 0 Å². The van der Waals surface area contributed by atoms with Gasteiger partial charge in [0.25, 0.3) is 0 Å². The maximum Gasteiger partial charge on any atom is 0.222 e. The molecule has 2 heterocycles. The summed E-state index contributed by atoms with van der Waals surface area (Å²) in [4.78, 5) is 4.52. The van der Waals surface area contributed by atoms with Crippen molar-refractivity contribution < 1.29 is 4.74 Å². The Morgan fingerprint density at radius 1 is 1.17 bits per heavy atom. The maximum absolute atomic E-state index is 6.22. The van der Waals surface area contributed by atoms with Crippen LogP contribution in [0.5, 0.6) is 5.75 Å². The predicted octanol–water partition coefficient (Wildman–Crippen LogP) is 5.35. The van der Waals surface area contributed by atoms with Crippen molar-refractivity contribution in [2.75, 3.05) is 12.8 Å². The predicted molar refractivity (Wildman–Crippen MR) is 124 cm³/mol. The molecule has 2 aromatic heterocycles. The molecule has 0 fully saturated rings. The van der Waals surface area contributed by atoms with Crippen LogP contribution < -0.4 is 10.5 Å². The molecule has 0 atom stereocenters. The van der Waals surface area contributed by atoms with E-state index in [1.807, 2.05) is 18.2 Å². The van der Waals surface area contributed by atoms with E-state index in [0.717, 1.165) is 22.1 Å². The van der Waals surface area contributed by atoms with Crippen LogP contribution in [0.1, 0.15) is 36.2 Å². The van der Waals surface area contributed by atoms with E-state index in [2.05, 4.69) is 68.2 Å². The van der Waals surface area contributed by atoms with Crippen molar-refractivity contribution in [3.8, 4) is 5.75 Å². The lowest BCUT2D eigenvalue weighted by Gasteiger charge is -2.08. The molecule has 0 radical (unpaired) electrons. The lowest BCUT2D eigenvalue weighted by molar-refractivity contribution is 0.419. The lowest BCUT2D eigenvalue weighted by atomic mass is 9.97. The Hall–Kier alpha value is -3.60. The largest absolute Gasteiger partial charge is 0.494 e. The van der Waals surface area contributed by atoms with E-state index < -0.39 is 0 Å². The number of aryl methyl sites for hydroxylation is 1. The van der Waals surface area contributed by atoms with Crippen LogP contribution in [0.3, 0.4) is 0 Å². The summed E-state index contributed by atoms with van der Waals surface area (Å²) in [7, 11) is 1.64. The number of anilines is 1. The first-order valence-electron chi connectivity index (χ1n) is 9.99. The fourth-order valence-corrected chi connectivity index (χ4v) is 3.72. The van der Waals surface area contributed by atoms with E-state index in [-0.39, 0.29) is 0 Å². The molecule has 4 rings (SSSR count). The average molecular weight is 399 g/mol. The summed E-state index contributed by atoms with van der Waals surface area (Å²) in [5.74, 6) is 1.05. The summed E-state index contributed by atoms with van der Waals surface area (Å²) in [6.45, 7) is 6.33. The molecule has 0 aliphatic carbocycles. The summed E-state index contributed by atoms with van der Waals surface area (Å²) >= 11 is 0. The number of para-hydroxylation sites is 1. The molecule has 152 valence electrons. The molecule has 0 unspecified atom stereocenters. The SMILES string of the molecule is COc1cccc2c1nc(N)n1nc(Cc3cccc(C)c3/C=C\C=C(C)C)cc21. The molecule has 0 aliphatic heterocycles. The van der Waals surface area contributed by atoms with Gasteiger partial charge in [0.1, 0.15) is 11.3 Å². The van der Waals surface area contributed by atoms with Crippen LogP contribution >= 0.6 is 0 Å². The second-order valence-corrected chi connectivity index (χ2v) is 7.69. The molecule has 2 N–H and O–H groups in total. The number of hydrogen-bond acceptors (Lipinski definition) is 4. The second-order valence-electron chi connectivity index (χ2n) is 7.69. The van der Waals surface area contributed by atoms with E-state index in [1.165, 1.54) is 22.3 Å². The number of methoxy groups -OCH3 is 1. The fraction of sp³-hybridized carbons (Fsp3) is 0.200. The van der Waals surface area contributed by atoms with Crippen molar-refractivity contribution in [3.05, 3.63) is 82.6 Å². The van der Waals surface area contributed by atoms with Crippen molar-refractivity contribution in [3.63, 3.8) is 0 Å². The van der Waals surface area contributed by atoms with Gasteiger partial charge in [0.05, 0.1) is 18.3 Å². The zero-order valence-corrected chi connectivity index (χ0v) is 17.8. The molecule has 0 saturated carbocycles. The van der Waals surface area contributed by atoms with Crippen LogP contribution in [0, 0.1) is 6.92 Å². The van der Waals surface area contributed by atoms with E-state index in [9.17, 15) is 0 Å². The lowest BCUT2D eigenvalue weighted by Crippen LogP contribution is -2.03. The number of benzene rings is 2. The third-order valence-corrected chi connectivity index (χ3v) is 5.18. The van der Waals surface area contributed by atoms with Gasteiger partial charge in [-0.2, -0.15) is 9.61 Å². The van der Waals surface area contributed by atoms with Gasteiger partial charge in [-0.15, -0.1) is 0 Å². The Labute approximate surface area is 176 Å². The number of rotatable bonds is 5. The number of ether oxygens (including phenoxy) is 1. The molecule has 0 amide bonds. The molecular weight excluding hydrogens is 372 g/mol. The molecule has 0 bridgehead atoms. The Kier molecular flexibility index (Phi) is 5.27. The Balaban J connectivity index is 1.80. The zero-order valence-electron chi connectivity index (χ0n) is 17.8. The second kappa shape index (κ2) is 8.03. The van der Waals surface area contributed by atoms with Crippen LogP contribution in [0.25, 0.3) is 22.5 Å². The number of nitrogens with two attached hydrogens (primary N) is 1. The van der Waals surface area contributed by atoms with Gasteiger partial charge in [-0.05, 0) is 49.6 Å². The number of nitrogen functional groups attached to an aromatic ring is 1. The van der Waals surface area contributed by atoms with Gasteiger partial charge in [0, 0.05) is 11.8 Å². The van der Waals surface area contributed by atoms with Crippen LogP contribution in [0.2, 0.25) is 0 Å². The molecule has 30 heavy (non-hydrogen) atoms. The van der Waals surface area contributed by atoms with Crippen molar-refractivity contribution >= 4 is 28.4 Å². The van der Waals surface area contributed by atoms with Gasteiger partial charge in [0.2, 0.25) is 5.95 Å². The van der Waals surface area contributed by atoms with Gasteiger partial charge in [-0.3, -0.25) is 0 Å². The summed E-state index contributed by atoms with van der Waals surface area (Å²) in [6.07, 6.45) is 7.10. The van der Waals surface area contributed by atoms with Crippen molar-refractivity contribution in [1.82, 2.24) is 14.6 Å². The topological polar surface area (TPSA) is 65.4 Å². The quantitative estimate of drug-likeness (QED) is 0.460. The highest BCUT2D eigenvalue weighted by Crippen LogP contribution is 2.29. The summed E-state index contributed by atoms with van der Waals surface area (Å²) in [5.41, 5.74) is 13.8. The van der Waals surface area contributed by atoms with Crippen LogP contribution in [0.4, 0.5) is 5.95 Å². The third kappa shape index (κ3) is 3.66. The van der Waals surface area contributed by atoms with E-state index in [4.69, 9.17) is 15.6 Å². The normalized spacial score (nSPS) is 11.5. The van der Waals surface area contributed by atoms with E-state index >= 15 is 0 Å². The molecule has 5 nitrogen and oxygen atoms in total. The highest BCUT2D eigenvalue weighted by Gasteiger charge is 2.14. The van der Waals surface area contributed by atoms with Crippen molar-refractivity contribution in [2.24, 2.45) is 0 Å². The number of aromatic nitrogens is 3. The van der Waals surface area contributed by atoms with Crippen molar-refractivity contribution in [2.45, 2.75) is 27.2 Å². The maximum atomic E-state index is 6.22. The first-order chi connectivity index (χ1) is 14.5. The van der Waals surface area contributed by atoms with Gasteiger partial charge in [-0.25, -0.2) is 4.98 Å². The number of fused-ring (bicyclic) bond motifs is 3. The summed E-state index contributed by atoms with van der Waals surface area (Å²) in [6, 6.07) is 14.3. The molecule has 2 aromatic carbocycles. The van der Waals surface area contributed by atoms with Crippen LogP contribution in [-0.2, 0) is 6.42 Å². The first-order valence-corrected chi connectivity index (χ1v) is 9.99. The molecule has 0 aliphatic rings. The number of allylic oxidation sites excluding steroid dienone is 3. The molecule has 4 aromatic rings. The van der Waals surface area contributed by atoms with Crippen LogP contribution in [0.15, 0.2) is 60.2 Å². The number of hydrogen-bond donors (Lipinski definition) is 1. The third-order valence-electron chi connectivity index (χ3n) is 5.18. The highest BCUT2D eigenvalue weighted by molar-refractivity contribution is 5.97. The smallest absolute Gasteiger partial charge is 0.222 e. The molecule has 5 heteroatoms. The van der Waals surface area contributed by atoms with E-state index in [1.54, 1.807) is 11.6 Å². The Morgan fingerprint density at radius 3 is 2.73 bits per heavy atom. The molecule has 0 saturated heterocycles. The monoisotopic (exact) mass is 398 g/mol. The van der Waals surface area contributed by atoms with Gasteiger partial charge < -0.3 is 10.5 Å². The van der Waals surface area contributed by atoms with Gasteiger partial charge in [0.15, 0.2) is 0 Å². The first kappa shape index (κ1) is 19.7. The minimum Gasteiger partial charge on any atom is -0.494 e. The highest BCUT2D eigenvalue weighted by atomic mass is 16.5. The fourth-order valence-electron chi connectivity index (χ4n) is 3.72. The molecule has 0 spiro atoms. The number of nitrogens with zero attached hydrogens (tertiary/aromatic N) is 3. The standard InChI is InChI=1S/C25H26N4O/c1-16(2)8-5-11-20-17(3)9-6-10-18(20)14-19-15-22-21-12-7-13-23(30-4)24(21)27-25(26)29(22)28-19/h5-13,15H,14H2,1-4H3,(H2,26,27)/b11-5-. The zero-order chi connectivity index (χ0) is 21.3. The van der Waals surface area contributed by atoms with Crippen LogP contribution in [-0.4, -0.2) is 21.7 Å². The Morgan fingerprint density at radius 2 is 1.97 bits per heavy atom. The summed E-state index contributed by atoms with van der Waals surface area (Å²) in [5, 5.41) is 5.71. The summed E-state index contributed by atoms with van der Waals surface area (Å²) < 4.78 is 7.17. The Bertz CT molecular complexity index is 1290. The minimum atomic E-state index is 0.348. The van der Waals surface area contributed by atoms with Gasteiger partial charge in [-0.1, -0.05) is 54.1 Å². The minimum absolute atomic E-state index is 0.348. The van der Waals surface area contributed by atoms with E-state index in [0.29, 0.717) is 18.1 Å².